The summed E-state index contributed by atoms with van der Waals surface area (Å²) in [4.78, 5) is 2.22. The monoisotopic (exact) mass is 329 g/mol. The quantitative estimate of drug-likeness (QED) is 0.896. The topological polar surface area (TPSA) is 41.9 Å². The van der Waals surface area contributed by atoms with Gasteiger partial charge in [0.05, 0.1) is 6.61 Å². The van der Waals surface area contributed by atoms with Crippen LogP contribution in [0.25, 0.3) is 0 Å². The Morgan fingerprint density at radius 2 is 2.05 bits per heavy atom. The fraction of sp³-hybridized carbons (Fsp3) is 0.571. The zero-order chi connectivity index (χ0) is 13.5. The summed E-state index contributed by atoms with van der Waals surface area (Å²) in [5.74, 6) is 0.779. The van der Waals surface area contributed by atoms with Gasteiger partial charge in [0.2, 0.25) is 0 Å². The van der Waals surface area contributed by atoms with Gasteiger partial charge in [-0.1, -0.05) is 15.9 Å². The predicted octanol–water partition coefficient (Wildman–Crippen LogP) is 1.91. The van der Waals surface area contributed by atoms with Crippen LogP contribution >= 0.6 is 15.9 Å². The summed E-state index contributed by atoms with van der Waals surface area (Å²) in [5.41, 5.74) is 0. The van der Waals surface area contributed by atoms with Crippen molar-refractivity contribution in [1.82, 2.24) is 4.90 Å². The molecule has 1 aromatic carbocycles. The molecule has 1 N–H and O–H groups in total. The zero-order valence-electron chi connectivity index (χ0n) is 10.9. The van der Waals surface area contributed by atoms with Crippen LogP contribution in [0.15, 0.2) is 28.7 Å². The van der Waals surface area contributed by atoms with Crippen LogP contribution in [0, 0.1) is 0 Å². The first-order valence-corrected chi connectivity index (χ1v) is 7.40. The molecule has 19 heavy (non-hydrogen) atoms. The minimum absolute atomic E-state index is 0.318. The molecule has 106 valence electrons. The molecule has 0 saturated carbocycles. The average molecular weight is 330 g/mol. The Morgan fingerprint density at radius 3 is 2.84 bits per heavy atom. The number of halogens is 1. The molecule has 4 nitrogen and oxygen atoms in total. The second-order valence-electron chi connectivity index (χ2n) is 4.69. The lowest BCUT2D eigenvalue weighted by Crippen LogP contribution is -2.37. The van der Waals surface area contributed by atoms with Gasteiger partial charge < -0.3 is 14.6 Å². The van der Waals surface area contributed by atoms with E-state index in [1.54, 1.807) is 0 Å². The minimum atomic E-state index is -0.471. The Balaban J connectivity index is 1.71. The lowest BCUT2D eigenvalue weighted by molar-refractivity contribution is 0.0658. The van der Waals surface area contributed by atoms with Gasteiger partial charge in [0, 0.05) is 30.7 Å². The molecule has 1 aromatic rings. The molecule has 0 aliphatic carbocycles. The molecule has 1 unspecified atom stereocenters. The van der Waals surface area contributed by atoms with Gasteiger partial charge in [0.25, 0.3) is 0 Å². The molecule has 2 rings (SSSR count). The number of hydrogen-bond acceptors (Lipinski definition) is 4. The third-order valence-corrected chi connectivity index (χ3v) is 3.57. The summed E-state index contributed by atoms with van der Waals surface area (Å²) in [6, 6.07) is 7.62. The third-order valence-electron chi connectivity index (χ3n) is 3.04. The van der Waals surface area contributed by atoms with E-state index in [0.717, 1.165) is 42.9 Å². The maximum atomic E-state index is 9.99. The van der Waals surface area contributed by atoms with Crippen molar-refractivity contribution in [3.63, 3.8) is 0 Å². The number of ether oxygens (including phenoxy) is 2. The molecule has 1 aliphatic heterocycles. The van der Waals surface area contributed by atoms with E-state index in [4.69, 9.17) is 9.47 Å². The molecule has 0 radical (unpaired) electrons. The number of rotatable bonds is 5. The van der Waals surface area contributed by atoms with Crippen LogP contribution in [-0.4, -0.2) is 55.6 Å². The number of aliphatic hydroxyl groups excluding tert-OH is 1. The standard InChI is InChI=1S/C14H20BrNO3/c15-12-2-4-14(5-3-12)19-11-13(17)10-16-6-1-8-18-9-7-16/h2-5,13,17H,1,6-11H2. The van der Waals surface area contributed by atoms with Crippen molar-refractivity contribution >= 4 is 15.9 Å². The van der Waals surface area contributed by atoms with Crippen LogP contribution in [0.4, 0.5) is 0 Å². The van der Waals surface area contributed by atoms with Gasteiger partial charge in [0.1, 0.15) is 18.5 Å². The summed E-state index contributed by atoms with van der Waals surface area (Å²) in [7, 11) is 0. The van der Waals surface area contributed by atoms with Crippen molar-refractivity contribution < 1.29 is 14.6 Å². The third kappa shape index (κ3) is 5.48. The van der Waals surface area contributed by atoms with E-state index in [1.165, 1.54) is 0 Å². The first kappa shape index (κ1) is 14.8. The molecule has 0 aromatic heterocycles. The van der Waals surface area contributed by atoms with Crippen LogP contribution in [0.5, 0.6) is 5.75 Å². The van der Waals surface area contributed by atoms with E-state index in [0.29, 0.717) is 13.2 Å². The van der Waals surface area contributed by atoms with Crippen LogP contribution in [0.3, 0.4) is 0 Å². The maximum Gasteiger partial charge on any atom is 0.119 e. The minimum Gasteiger partial charge on any atom is -0.491 e. The summed E-state index contributed by atoms with van der Waals surface area (Å²) >= 11 is 3.38. The number of aliphatic hydroxyl groups is 1. The van der Waals surface area contributed by atoms with E-state index in [9.17, 15) is 5.11 Å². The summed E-state index contributed by atoms with van der Waals surface area (Å²) in [6.07, 6.45) is 0.557. The molecular formula is C14H20BrNO3. The Kier molecular flexibility index (Phi) is 6.10. The Hall–Kier alpha value is -0.620. The SMILES string of the molecule is OC(COc1ccc(Br)cc1)CN1CCCOCC1. The van der Waals surface area contributed by atoms with Crippen molar-refractivity contribution in [3.05, 3.63) is 28.7 Å². The molecule has 5 heteroatoms. The summed E-state index contributed by atoms with van der Waals surface area (Å²) in [6.45, 7) is 4.39. The summed E-state index contributed by atoms with van der Waals surface area (Å²) in [5, 5.41) is 9.99. The molecule has 1 saturated heterocycles. The van der Waals surface area contributed by atoms with Crippen molar-refractivity contribution in [2.75, 3.05) is 39.5 Å². The zero-order valence-corrected chi connectivity index (χ0v) is 12.5. The smallest absolute Gasteiger partial charge is 0.119 e. The fourth-order valence-electron chi connectivity index (χ4n) is 2.05. The highest BCUT2D eigenvalue weighted by molar-refractivity contribution is 9.10. The van der Waals surface area contributed by atoms with Crippen LogP contribution in [0.2, 0.25) is 0 Å². The van der Waals surface area contributed by atoms with Crippen molar-refractivity contribution in [2.45, 2.75) is 12.5 Å². The molecule has 1 fully saturated rings. The molecule has 0 spiro atoms. The van der Waals surface area contributed by atoms with Crippen molar-refractivity contribution in [1.29, 1.82) is 0 Å². The number of hydrogen-bond donors (Lipinski definition) is 1. The number of β-amino-alcohol motifs (C(OH)–C–C–N with tert-alkyl or cyclic N) is 1. The Bertz CT molecular complexity index is 363. The molecule has 1 heterocycles. The van der Waals surface area contributed by atoms with Crippen molar-refractivity contribution in [2.24, 2.45) is 0 Å². The number of benzene rings is 1. The lowest BCUT2D eigenvalue weighted by atomic mass is 10.3. The fourth-order valence-corrected chi connectivity index (χ4v) is 2.32. The summed E-state index contributed by atoms with van der Waals surface area (Å²) < 4.78 is 12.0. The van der Waals surface area contributed by atoms with Gasteiger partial charge in [0.15, 0.2) is 0 Å². The van der Waals surface area contributed by atoms with Crippen LogP contribution in [0.1, 0.15) is 6.42 Å². The van der Waals surface area contributed by atoms with Crippen molar-refractivity contribution in [3.8, 4) is 5.75 Å². The van der Waals surface area contributed by atoms with Gasteiger partial charge in [-0.15, -0.1) is 0 Å². The highest BCUT2D eigenvalue weighted by atomic mass is 79.9. The highest BCUT2D eigenvalue weighted by Crippen LogP contribution is 2.16. The van der Waals surface area contributed by atoms with Gasteiger partial charge in [-0.3, -0.25) is 4.90 Å². The van der Waals surface area contributed by atoms with E-state index in [2.05, 4.69) is 20.8 Å². The van der Waals surface area contributed by atoms with E-state index in [1.807, 2.05) is 24.3 Å². The maximum absolute atomic E-state index is 9.99. The van der Waals surface area contributed by atoms with E-state index < -0.39 is 6.10 Å². The number of nitrogens with zero attached hydrogens (tertiary/aromatic N) is 1. The highest BCUT2D eigenvalue weighted by Gasteiger charge is 2.14. The molecule has 0 amide bonds. The van der Waals surface area contributed by atoms with Crippen LogP contribution in [-0.2, 0) is 4.74 Å². The first-order valence-electron chi connectivity index (χ1n) is 6.60. The normalized spacial score (nSPS) is 18.8. The van der Waals surface area contributed by atoms with Crippen LogP contribution < -0.4 is 4.74 Å². The average Bonchev–Trinajstić information content (AvgIpc) is 2.67. The molecule has 0 bridgehead atoms. The Morgan fingerprint density at radius 1 is 1.26 bits per heavy atom. The predicted molar refractivity (Wildman–Crippen MR) is 77.5 cm³/mol. The molecule has 1 aliphatic rings. The second kappa shape index (κ2) is 7.85. The largest absolute Gasteiger partial charge is 0.491 e. The lowest BCUT2D eigenvalue weighted by Gasteiger charge is -2.22. The van der Waals surface area contributed by atoms with Gasteiger partial charge in [-0.2, -0.15) is 0 Å². The first-order chi connectivity index (χ1) is 9.24. The van der Waals surface area contributed by atoms with Gasteiger partial charge >= 0.3 is 0 Å². The Labute approximate surface area is 122 Å². The molecular weight excluding hydrogens is 310 g/mol. The van der Waals surface area contributed by atoms with E-state index >= 15 is 0 Å². The van der Waals surface area contributed by atoms with Gasteiger partial charge in [-0.05, 0) is 30.7 Å². The van der Waals surface area contributed by atoms with Gasteiger partial charge in [-0.25, -0.2) is 0 Å². The van der Waals surface area contributed by atoms with E-state index in [-0.39, 0.29) is 0 Å². The molecule has 1 atom stereocenters. The second-order valence-corrected chi connectivity index (χ2v) is 5.60.